The second-order valence-electron chi connectivity index (χ2n) is 4.61. The van der Waals surface area contributed by atoms with E-state index >= 15 is 0 Å². The van der Waals surface area contributed by atoms with E-state index in [1.54, 1.807) is 0 Å². The van der Waals surface area contributed by atoms with Gasteiger partial charge in [-0.1, -0.05) is 42.5 Å². The first-order valence-electron chi connectivity index (χ1n) is 6.71. The molecule has 0 unspecified atom stereocenters. The number of fused-ring (bicyclic) bond motifs is 2. The summed E-state index contributed by atoms with van der Waals surface area (Å²) in [5.74, 6) is 0. The van der Waals surface area contributed by atoms with E-state index in [9.17, 15) is 4.79 Å². The Balaban J connectivity index is 0.000000154. The number of nitrogens with zero attached hydrogens (tertiary/aromatic N) is 1. The lowest BCUT2D eigenvalue weighted by molar-refractivity contribution is 1.11. The number of pyridine rings is 2. The number of hydrogen-bond acceptors (Lipinski definition) is 2. The predicted molar refractivity (Wildman–Crippen MR) is 88.8 cm³/mol. The summed E-state index contributed by atoms with van der Waals surface area (Å²) in [4.78, 5) is 17.7. The molecule has 1 N–H and O–H groups in total. The summed E-state index contributed by atoms with van der Waals surface area (Å²) < 4.78 is 0. The molecular weight excluding hydrogens is 279 g/mol. The number of H-pyrrole nitrogens is 1. The molecule has 2 heterocycles. The van der Waals surface area contributed by atoms with Crippen LogP contribution in [-0.4, -0.2) is 9.97 Å². The van der Waals surface area contributed by atoms with E-state index in [4.69, 9.17) is 0 Å². The van der Waals surface area contributed by atoms with Crippen molar-refractivity contribution >= 4 is 21.8 Å². The number of rotatable bonds is 0. The Kier molecular flexibility index (Phi) is 4.98. The molecule has 4 heteroatoms. The molecule has 0 aliphatic heterocycles. The van der Waals surface area contributed by atoms with E-state index in [1.807, 2.05) is 60.8 Å². The molecule has 110 valence electrons. The molecule has 0 spiro atoms. The molecule has 0 atom stereocenters. The van der Waals surface area contributed by atoms with Crippen molar-refractivity contribution in [2.24, 2.45) is 0 Å². The lowest BCUT2D eigenvalue weighted by Crippen LogP contribution is -2.01. The summed E-state index contributed by atoms with van der Waals surface area (Å²) in [6.45, 7) is 0. The normalized spacial score (nSPS) is 9.64. The van der Waals surface area contributed by atoms with Gasteiger partial charge >= 0.3 is 0 Å². The van der Waals surface area contributed by atoms with E-state index in [2.05, 4.69) is 22.1 Å². The smallest absolute Gasteiger partial charge is 0.248 e. The van der Waals surface area contributed by atoms with Gasteiger partial charge < -0.3 is 4.98 Å². The fourth-order valence-electron chi connectivity index (χ4n) is 2.11. The van der Waals surface area contributed by atoms with Gasteiger partial charge in [-0.05, 0) is 29.7 Å². The van der Waals surface area contributed by atoms with Gasteiger partial charge in [-0.25, -0.2) is 0 Å². The highest BCUT2D eigenvalue weighted by Crippen LogP contribution is 2.08. The van der Waals surface area contributed by atoms with Gasteiger partial charge in [0.2, 0.25) is 5.56 Å². The van der Waals surface area contributed by atoms with Gasteiger partial charge in [0.15, 0.2) is 0 Å². The predicted octanol–water partition coefficient (Wildman–Crippen LogP) is 3.92. The zero-order valence-electron chi connectivity index (χ0n) is 11.8. The monoisotopic (exact) mass is 294 g/mol. The fourth-order valence-corrected chi connectivity index (χ4v) is 2.11. The van der Waals surface area contributed by atoms with Crippen LogP contribution in [0.15, 0.2) is 83.8 Å². The van der Waals surface area contributed by atoms with Crippen molar-refractivity contribution in [2.45, 2.75) is 0 Å². The number of nitrogens with one attached hydrogen (secondary N) is 1. The topological polar surface area (TPSA) is 45.8 Å². The first kappa shape index (κ1) is 15.4. The lowest BCUT2D eigenvalue weighted by Gasteiger charge is -1.93. The van der Waals surface area contributed by atoms with E-state index in [-0.39, 0.29) is 10.3 Å². The minimum absolute atomic E-state index is 0. The molecule has 2 aromatic heterocycles. The highest BCUT2D eigenvalue weighted by molar-refractivity contribution is 5.78. The van der Waals surface area contributed by atoms with Gasteiger partial charge in [-0.2, -0.15) is 0 Å². The molecular formula is C18H15FN2O. The summed E-state index contributed by atoms with van der Waals surface area (Å²) in [6, 6.07) is 23.1. The highest BCUT2D eigenvalue weighted by Gasteiger charge is 1.89. The largest absolute Gasteiger partial charge is 0.322 e. The molecule has 3 nitrogen and oxygen atoms in total. The molecule has 2 aromatic carbocycles. The quantitative estimate of drug-likeness (QED) is 0.534. The average Bonchev–Trinajstić information content (AvgIpc) is 2.55. The third kappa shape index (κ3) is 3.55. The highest BCUT2D eigenvalue weighted by atomic mass is 19.0. The van der Waals surface area contributed by atoms with Gasteiger partial charge in [0, 0.05) is 23.2 Å². The average molecular weight is 294 g/mol. The van der Waals surface area contributed by atoms with Crippen LogP contribution >= 0.6 is 0 Å². The maximum atomic E-state index is 10.8. The third-order valence-corrected chi connectivity index (χ3v) is 3.15. The Morgan fingerprint density at radius 3 is 2.23 bits per heavy atom. The SMILES string of the molecule is F.O=c1ccc2ccccc2[nH]1.c1ccc2ncccc2c1. The molecule has 0 saturated heterocycles. The minimum Gasteiger partial charge on any atom is -0.322 e. The summed E-state index contributed by atoms with van der Waals surface area (Å²) in [5, 5.41) is 2.26. The maximum Gasteiger partial charge on any atom is 0.248 e. The molecule has 0 aliphatic carbocycles. The lowest BCUT2D eigenvalue weighted by atomic mass is 10.2. The summed E-state index contributed by atoms with van der Waals surface area (Å²) in [6.07, 6.45) is 1.81. The van der Waals surface area contributed by atoms with Gasteiger partial charge in [-0.15, -0.1) is 0 Å². The van der Waals surface area contributed by atoms with Crippen LogP contribution in [0.3, 0.4) is 0 Å². The molecule has 0 fully saturated rings. The Morgan fingerprint density at radius 2 is 1.41 bits per heavy atom. The molecule has 0 amide bonds. The van der Waals surface area contributed by atoms with Crippen LogP contribution in [0.4, 0.5) is 4.70 Å². The second-order valence-corrected chi connectivity index (χ2v) is 4.61. The van der Waals surface area contributed by atoms with E-state index in [0.29, 0.717) is 0 Å². The Morgan fingerprint density at radius 1 is 0.727 bits per heavy atom. The minimum atomic E-state index is -0.0521. The van der Waals surface area contributed by atoms with Crippen LogP contribution in [0.2, 0.25) is 0 Å². The Labute approximate surface area is 126 Å². The standard InChI is InChI=1S/C9H7NO.C9H7N.FH/c11-9-6-5-7-3-1-2-4-8(7)10-9;1-2-6-9-8(4-1)5-3-7-10-9;/h1-6H,(H,10,11);1-7H;1H. The van der Waals surface area contributed by atoms with Crippen molar-refractivity contribution in [3.63, 3.8) is 0 Å². The number of para-hydroxylation sites is 2. The number of halogens is 1. The number of benzene rings is 2. The summed E-state index contributed by atoms with van der Waals surface area (Å²) in [7, 11) is 0. The van der Waals surface area contributed by atoms with Crippen LogP contribution in [0, 0.1) is 0 Å². The van der Waals surface area contributed by atoms with Crippen LogP contribution in [0.25, 0.3) is 21.8 Å². The molecule has 4 rings (SSSR count). The molecule has 0 saturated carbocycles. The van der Waals surface area contributed by atoms with Gasteiger partial charge in [0.25, 0.3) is 0 Å². The fraction of sp³-hybridized carbons (Fsp3) is 0. The number of aromatic nitrogens is 2. The molecule has 0 bridgehead atoms. The zero-order chi connectivity index (χ0) is 14.5. The van der Waals surface area contributed by atoms with E-state index < -0.39 is 0 Å². The third-order valence-electron chi connectivity index (χ3n) is 3.15. The van der Waals surface area contributed by atoms with Gasteiger partial charge in [-0.3, -0.25) is 14.5 Å². The first-order chi connectivity index (χ1) is 10.3. The first-order valence-corrected chi connectivity index (χ1v) is 6.71. The van der Waals surface area contributed by atoms with Crippen molar-refractivity contribution in [1.29, 1.82) is 0 Å². The van der Waals surface area contributed by atoms with Crippen molar-refractivity contribution in [1.82, 2.24) is 9.97 Å². The van der Waals surface area contributed by atoms with Crippen molar-refractivity contribution in [3.8, 4) is 0 Å². The van der Waals surface area contributed by atoms with Crippen LogP contribution < -0.4 is 5.56 Å². The Bertz CT molecular complexity index is 869. The number of hydrogen-bond donors (Lipinski definition) is 1. The van der Waals surface area contributed by atoms with Crippen molar-refractivity contribution in [3.05, 3.63) is 89.3 Å². The summed E-state index contributed by atoms with van der Waals surface area (Å²) >= 11 is 0. The number of aromatic amines is 1. The van der Waals surface area contributed by atoms with Gasteiger partial charge in [0.1, 0.15) is 0 Å². The van der Waals surface area contributed by atoms with Crippen molar-refractivity contribution in [2.75, 3.05) is 0 Å². The van der Waals surface area contributed by atoms with E-state index in [1.165, 1.54) is 11.5 Å². The second kappa shape index (κ2) is 7.13. The Hall–Kier alpha value is -3.01. The van der Waals surface area contributed by atoms with Crippen molar-refractivity contribution < 1.29 is 4.70 Å². The van der Waals surface area contributed by atoms with Crippen LogP contribution in [0.5, 0.6) is 0 Å². The van der Waals surface area contributed by atoms with Crippen LogP contribution in [-0.2, 0) is 0 Å². The summed E-state index contributed by atoms with van der Waals surface area (Å²) in [5.41, 5.74) is 1.90. The zero-order valence-corrected chi connectivity index (χ0v) is 11.8. The molecule has 4 aromatic rings. The molecule has 0 aliphatic rings. The van der Waals surface area contributed by atoms with Gasteiger partial charge in [0.05, 0.1) is 5.52 Å². The molecule has 0 radical (unpaired) electrons. The molecule has 22 heavy (non-hydrogen) atoms. The maximum absolute atomic E-state index is 10.8. The van der Waals surface area contributed by atoms with Crippen LogP contribution in [0.1, 0.15) is 0 Å². The van der Waals surface area contributed by atoms with E-state index in [0.717, 1.165) is 16.4 Å².